The molecule has 21 heavy (non-hydrogen) atoms. The van der Waals surface area contributed by atoms with E-state index in [4.69, 9.17) is 0 Å². The first-order valence-electron chi connectivity index (χ1n) is 8.04. The molecule has 0 spiro atoms. The Labute approximate surface area is 127 Å². The van der Waals surface area contributed by atoms with Gasteiger partial charge in [0.05, 0.1) is 5.41 Å². The maximum Gasteiger partial charge on any atom is 0.228 e. The molecular formula is C17H27N3O. The Balaban J connectivity index is 1.96. The van der Waals surface area contributed by atoms with Gasteiger partial charge in [-0.3, -0.25) is 9.78 Å². The van der Waals surface area contributed by atoms with E-state index in [-0.39, 0.29) is 5.41 Å². The van der Waals surface area contributed by atoms with Gasteiger partial charge in [0.25, 0.3) is 0 Å². The van der Waals surface area contributed by atoms with Crippen molar-refractivity contribution in [1.29, 1.82) is 0 Å². The number of pyridine rings is 1. The monoisotopic (exact) mass is 289 g/mol. The van der Waals surface area contributed by atoms with Crippen molar-refractivity contribution in [3.63, 3.8) is 0 Å². The van der Waals surface area contributed by atoms with Gasteiger partial charge in [0, 0.05) is 31.9 Å². The van der Waals surface area contributed by atoms with Gasteiger partial charge in [-0.25, -0.2) is 0 Å². The zero-order valence-electron chi connectivity index (χ0n) is 13.3. The van der Waals surface area contributed by atoms with Crippen molar-refractivity contribution < 1.29 is 4.79 Å². The molecule has 1 aliphatic heterocycles. The number of rotatable bonds is 6. The molecule has 1 fully saturated rings. The molecule has 4 heteroatoms. The number of carbonyl (C=O) groups excluding carboxylic acids is 1. The van der Waals surface area contributed by atoms with E-state index in [0.29, 0.717) is 5.91 Å². The van der Waals surface area contributed by atoms with E-state index in [1.165, 1.54) is 0 Å². The maximum absolute atomic E-state index is 12.9. The molecule has 0 radical (unpaired) electrons. The van der Waals surface area contributed by atoms with Crippen LogP contribution < -0.4 is 5.32 Å². The van der Waals surface area contributed by atoms with Gasteiger partial charge in [-0.2, -0.15) is 0 Å². The van der Waals surface area contributed by atoms with Crippen molar-refractivity contribution in [2.45, 2.75) is 39.0 Å². The minimum absolute atomic E-state index is 0.140. The topological polar surface area (TPSA) is 45.2 Å². The highest BCUT2D eigenvalue weighted by molar-refractivity contribution is 5.82. The van der Waals surface area contributed by atoms with Gasteiger partial charge < -0.3 is 10.2 Å². The first kappa shape index (κ1) is 16.0. The van der Waals surface area contributed by atoms with Crippen LogP contribution in [0.25, 0.3) is 0 Å². The van der Waals surface area contributed by atoms with Crippen LogP contribution in [0.15, 0.2) is 24.4 Å². The third-order valence-electron chi connectivity index (χ3n) is 4.52. The first-order valence-corrected chi connectivity index (χ1v) is 8.04. The average Bonchev–Trinajstić information content (AvgIpc) is 2.54. The summed E-state index contributed by atoms with van der Waals surface area (Å²) < 4.78 is 0. The Kier molecular flexibility index (Phi) is 5.74. The number of amides is 1. The van der Waals surface area contributed by atoms with Crippen molar-refractivity contribution in [3.8, 4) is 0 Å². The first-order chi connectivity index (χ1) is 10.2. The standard InChI is InChI=1S/C17H27N3O/c1-3-8-17(9-12-18-13-10-17)16(21)20(2)14-7-15-6-4-5-11-19-15/h4-6,11,18H,3,7-10,12-14H2,1-2H3. The molecule has 0 unspecified atom stereocenters. The summed E-state index contributed by atoms with van der Waals surface area (Å²) in [5.41, 5.74) is 0.908. The van der Waals surface area contributed by atoms with Crippen molar-refractivity contribution in [1.82, 2.24) is 15.2 Å². The molecule has 0 aliphatic carbocycles. The van der Waals surface area contributed by atoms with Crippen LogP contribution in [-0.2, 0) is 11.2 Å². The number of carbonyl (C=O) groups is 1. The summed E-state index contributed by atoms with van der Waals surface area (Å²) >= 11 is 0. The predicted molar refractivity (Wildman–Crippen MR) is 85.0 cm³/mol. The smallest absolute Gasteiger partial charge is 0.228 e. The minimum atomic E-state index is -0.140. The Morgan fingerprint density at radius 3 is 2.76 bits per heavy atom. The zero-order valence-corrected chi connectivity index (χ0v) is 13.3. The van der Waals surface area contributed by atoms with Crippen LogP contribution in [0.2, 0.25) is 0 Å². The van der Waals surface area contributed by atoms with Crippen LogP contribution in [0.4, 0.5) is 0 Å². The summed E-state index contributed by atoms with van der Waals surface area (Å²) in [6.45, 7) is 4.83. The van der Waals surface area contributed by atoms with Gasteiger partial charge in [-0.15, -0.1) is 0 Å². The molecule has 1 saturated heterocycles. The van der Waals surface area contributed by atoms with E-state index in [1.807, 2.05) is 36.3 Å². The summed E-state index contributed by atoms with van der Waals surface area (Å²) in [6.07, 6.45) is 6.63. The van der Waals surface area contributed by atoms with E-state index >= 15 is 0 Å². The molecule has 2 heterocycles. The second-order valence-corrected chi connectivity index (χ2v) is 6.08. The molecule has 1 aromatic heterocycles. The van der Waals surface area contributed by atoms with E-state index < -0.39 is 0 Å². The third kappa shape index (κ3) is 4.03. The van der Waals surface area contributed by atoms with Crippen LogP contribution in [0.5, 0.6) is 0 Å². The van der Waals surface area contributed by atoms with E-state index in [0.717, 1.165) is 57.4 Å². The lowest BCUT2D eigenvalue weighted by Gasteiger charge is -2.39. The Morgan fingerprint density at radius 2 is 2.14 bits per heavy atom. The molecule has 2 rings (SSSR count). The average molecular weight is 289 g/mol. The molecule has 1 amide bonds. The number of nitrogens with zero attached hydrogens (tertiary/aromatic N) is 2. The van der Waals surface area contributed by atoms with Crippen molar-refractivity contribution >= 4 is 5.91 Å². The quantitative estimate of drug-likeness (QED) is 0.873. The van der Waals surface area contributed by atoms with Crippen molar-refractivity contribution in [2.24, 2.45) is 5.41 Å². The molecule has 4 nitrogen and oxygen atoms in total. The summed E-state index contributed by atoms with van der Waals surface area (Å²) in [5, 5.41) is 3.37. The second-order valence-electron chi connectivity index (χ2n) is 6.08. The molecule has 1 N–H and O–H groups in total. The lowest BCUT2D eigenvalue weighted by atomic mass is 9.74. The van der Waals surface area contributed by atoms with E-state index in [1.54, 1.807) is 0 Å². The molecule has 0 aromatic carbocycles. The zero-order chi connectivity index (χ0) is 15.1. The third-order valence-corrected chi connectivity index (χ3v) is 4.52. The fourth-order valence-corrected chi connectivity index (χ4v) is 3.29. The van der Waals surface area contributed by atoms with Crippen molar-refractivity contribution in [3.05, 3.63) is 30.1 Å². The highest BCUT2D eigenvalue weighted by Gasteiger charge is 2.40. The lowest BCUT2D eigenvalue weighted by molar-refractivity contribution is -0.143. The van der Waals surface area contributed by atoms with E-state index in [9.17, 15) is 4.79 Å². The van der Waals surface area contributed by atoms with Gasteiger partial charge in [0.15, 0.2) is 0 Å². The van der Waals surface area contributed by atoms with Crippen LogP contribution >= 0.6 is 0 Å². The molecule has 0 saturated carbocycles. The van der Waals surface area contributed by atoms with Crippen LogP contribution in [-0.4, -0.2) is 42.5 Å². The number of aromatic nitrogens is 1. The number of nitrogens with one attached hydrogen (secondary N) is 1. The molecule has 1 aliphatic rings. The highest BCUT2D eigenvalue weighted by atomic mass is 16.2. The van der Waals surface area contributed by atoms with Gasteiger partial charge in [0.1, 0.15) is 0 Å². The fourth-order valence-electron chi connectivity index (χ4n) is 3.29. The Bertz CT molecular complexity index is 435. The second kappa shape index (κ2) is 7.55. The summed E-state index contributed by atoms with van der Waals surface area (Å²) in [5.74, 6) is 0.321. The Hall–Kier alpha value is -1.42. The summed E-state index contributed by atoms with van der Waals surface area (Å²) in [6, 6.07) is 5.93. The van der Waals surface area contributed by atoms with Gasteiger partial charge >= 0.3 is 0 Å². The predicted octanol–water partition coefficient (Wildman–Crippen LogP) is 2.25. The van der Waals surface area contributed by atoms with Gasteiger partial charge in [-0.05, 0) is 44.5 Å². The summed E-state index contributed by atoms with van der Waals surface area (Å²) in [4.78, 5) is 19.1. The van der Waals surface area contributed by atoms with E-state index in [2.05, 4.69) is 17.2 Å². The molecule has 116 valence electrons. The van der Waals surface area contributed by atoms with Gasteiger partial charge in [-0.1, -0.05) is 19.4 Å². The Morgan fingerprint density at radius 1 is 1.38 bits per heavy atom. The number of likely N-dealkylation sites (N-methyl/N-ethyl adjacent to an activating group) is 1. The number of hydrogen-bond donors (Lipinski definition) is 1. The lowest BCUT2D eigenvalue weighted by Crippen LogP contribution is -2.48. The highest BCUT2D eigenvalue weighted by Crippen LogP contribution is 2.35. The molecule has 0 atom stereocenters. The minimum Gasteiger partial charge on any atom is -0.345 e. The molecule has 1 aromatic rings. The normalized spacial score (nSPS) is 17.4. The maximum atomic E-state index is 12.9. The largest absolute Gasteiger partial charge is 0.345 e. The fraction of sp³-hybridized carbons (Fsp3) is 0.647. The SMILES string of the molecule is CCCC1(C(=O)N(C)CCc2ccccn2)CCNCC1. The van der Waals surface area contributed by atoms with Crippen LogP contribution in [0.3, 0.4) is 0 Å². The van der Waals surface area contributed by atoms with Crippen LogP contribution in [0.1, 0.15) is 38.3 Å². The number of piperidine rings is 1. The summed E-state index contributed by atoms with van der Waals surface area (Å²) in [7, 11) is 1.94. The van der Waals surface area contributed by atoms with Crippen LogP contribution in [0, 0.1) is 5.41 Å². The van der Waals surface area contributed by atoms with Gasteiger partial charge in [0.2, 0.25) is 5.91 Å². The number of hydrogen-bond acceptors (Lipinski definition) is 3. The van der Waals surface area contributed by atoms with Crippen molar-refractivity contribution in [2.75, 3.05) is 26.7 Å². The molecular weight excluding hydrogens is 262 g/mol. The molecule has 0 bridgehead atoms.